The highest BCUT2D eigenvalue weighted by Gasteiger charge is 2.32. The SMILES string of the molecule is O=C(Nc1cc(Cl)c([C](c2c(Cl)cc(Cl)cc2Cl)c2c(Cl)cc(Cl)cc2Cl)c(Cl)c1)c1ccccc1. The molecule has 0 bridgehead atoms. The molecule has 183 valence electrons. The molecule has 0 saturated carbocycles. The van der Waals surface area contributed by atoms with Crippen molar-refractivity contribution < 1.29 is 4.79 Å². The predicted octanol–water partition coefficient (Wildman–Crippen LogP) is 11.2. The van der Waals surface area contributed by atoms with E-state index in [0.29, 0.717) is 43.9 Å². The number of carbonyl (C=O) groups is 1. The van der Waals surface area contributed by atoms with Gasteiger partial charge in [-0.3, -0.25) is 4.79 Å². The second-order valence-electron chi connectivity index (χ2n) is 7.50. The molecule has 36 heavy (non-hydrogen) atoms. The van der Waals surface area contributed by atoms with Crippen LogP contribution in [0.3, 0.4) is 0 Å². The zero-order valence-electron chi connectivity index (χ0n) is 17.8. The van der Waals surface area contributed by atoms with Crippen molar-refractivity contribution in [2.75, 3.05) is 5.32 Å². The lowest BCUT2D eigenvalue weighted by Gasteiger charge is -2.25. The highest BCUT2D eigenvalue weighted by molar-refractivity contribution is 6.43. The molecule has 0 aliphatic rings. The van der Waals surface area contributed by atoms with E-state index in [1.54, 1.807) is 36.4 Å². The molecule has 0 heterocycles. The first-order valence-electron chi connectivity index (χ1n) is 10.1. The average Bonchev–Trinajstić information content (AvgIpc) is 2.77. The summed E-state index contributed by atoms with van der Waals surface area (Å²) in [6, 6.07) is 17.9. The standard InChI is InChI=1S/C26H12Cl8NO/c27-13-6-16(29)22(17(30)7-13)25(23-18(31)8-14(28)9-19(23)32)24-20(33)10-15(11-21(24)34)35-26(36)12-4-2-1-3-5-12/h1-11H,(H,35,36). The van der Waals surface area contributed by atoms with Crippen LogP contribution in [0.4, 0.5) is 5.69 Å². The maximum Gasteiger partial charge on any atom is 0.255 e. The molecule has 4 aromatic rings. The minimum Gasteiger partial charge on any atom is -0.322 e. The Bertz CT molecular complexity index is 1350. The molecule has 0 atom stereocenters. The maximum atomic E-state index is 12.6. The van der Waals surface area contributed by atoms with Gasteiger partial charge < -0.3 is 5.32 Å². The number of nitrogens with one attached hydrogen (secondary N) is 1. The van der Waals surface area contributed by atoms with Crippen molar-refractivity contribution in [2.24, 2.45) is 0 Å². The summed E-state index contributed by atoms with van der Waals surface area (Å²) < 4.78 is 0. The second kappa shape index (κ2) is 11.6. The highest BCUT2D eigenvalue weighted by Crippen LogP contribution is 2.49. The molecule has 1 N–H and O–H groups in total. The smallest absolute Gasteiger partial charge is 0.255 e. The van der Waals surface area contributed by atoms with E-state index < -0.39 is 0 Å². The fraction of sp³-hybridized carbons (Fsp3) is 0. The van der Waals surface area contributed by atoms with E-state index >= 15 is 0 Å². The summed E-state index contributed by atoms with van der Waals surface area (Å²) in [5, 5.41) is 4.70. The fourth-order valence-electron chi connectivity index (χ4n) is 3.61. The number of rotatable bonds is 5. The van der Waals surface area contributed by atoms with Gasteiger partial charge in [-0.2, -0.15) is 0 Å². The van der Waals surface area contributed by atoms with Crippen LogP contribution >= 0.6 is 92.8 Å². The lowest BCUT2D eigenvalue weighted by Crippen LogP contribution is -2.13. The minimum absolute atomic E-state index is 0.185. The Balaban J connectivity index is 1.90. The molecular formula is C26H12Cl8NO. The Morgan fingerprint density at radius 2 is 0.889 bits per heavy atom. The number of amides is 1. The number of hydrogen-bond donors (Lipinski definition) is 1. The van der Waals surface area contributed by atoms with E-state index in [2.05, 4.69) is 5.32 Å². The Morgan fingerprint density at radius 3 is 1.28 bits per heavy atom. The zero-order chi connectivity index (χ0) is 26.1. The van der Waals surface area contributed by atoms with Gasteiger partial charge in [0.1, 0.15) is 0 Å². The first-order chi connectivity index (χ1) is 17.1. The van der Waals surface area contributed by atoms with Crippen molar-refractivity contribution in [3.63, 3.8) is 0 Å². The number of anilines is 1. The third kappa shape index (κ3) is 5.88. The van der Waals surface area contributed by atoms with E-state index in [9.17, 15) is 4.79 Å². The number of halogens is 8. The lowest BCUT2D eigenvalue weighted by atomic mass is 9.84. The third-order valence-electron chi connectivity index (χ3n) is 5.10. The Morgan fingerprint density at radius 1 is 0.528 bits per heavy atom. The molecule has 0 aliphatic heterocycles. The van der Waals surface area contributed by atoms with Gasteiger partial charge in [0, 0.05) is 68.1 Å². The van der Waals surface area contributed by atoms with Crippen LogP contribution in [-0.4, -0.2) is 5.91 Å². The van der Waals surface area contributed by atoms with Crippen molar-refractivity contribution in [3.05, 3.63) is 135 Å². The van der Waals surface area contributed by atoms with Gasteiger partial charge in [0.05, 0.1) is 5.92 Å². The Hall–Kier alpha value is -1.33. The Labute approximate surface area is 247 Å². The fourth-order valence-corrected chi connectivity index (χ4v) is 6.30. The van der Waals surface area contributed by atoms with Gasteiger partial charge in [-0.15, -0.1) is 0 Å². The van der Waals surface area contributed by atoms with Crippen LogP contribution in [-0.2, 0) is 0 Å². The summed E-state index contributed by atoms with van der Waals surface area (Å²) >= 11 is 52.2. The summed E-state index contributed by atoms with van der Waals surface area (Å²) in [6.45, 7) is 0. The quantitative estimate of drug-likeness (QED) is 0.217. The molecule has 0 aromatic heterocycles. The Kier molecular flexibility index (Phi) is 8.92. The minimum atomic E-state index is -0.327. The zero-order valence-corrected chi connectivity index (χ0v) is 23.8. The van der Waals surface area contributed by atoms with E-state index in [1.807, 2.05) is 6.07 Å². The van der Waals surface area contributed by atoms with Gasteiger partial charge in [-0.05, 0) is 48.5 Å². The summed E-state index contributed by atoms with van der Waals surface area (Å²) in [7, 11) is 0. The molecule has 4 aromatic carbocycles. The summed E-state index contributed by atoms with van der Waals surface area (Å²) in [5.74, 6) is 0.0385. The normalized spacial score (nSPS) is 11.1. The second-order valence-corrected chi connectivity index (χ2v) is 10.8. The topological polar surface area (TPSA) is 29.1 Å². The van der Waals surface area contributed by atoms with Crippen LogP contribution in [0.25, 0.3) is 0 Å². The maximum absolute atomic E-state index is 12.6. The molecule has 0 saturated heterocycles. The number of hydrogen-bond acceptors (Lipinski definition) is 1. The van der Waals surface area contributed by atoms with Crippen LogP contribution < -0.4 is 5.32 Å². The predicted molar refractivity (Wildman–Crippen MR) is 154 cm³/mol. The summed E-state index contributed by atoms with van der Waals surface area (Å²) in [5.41, 5.74) is 1.91. The molecule has 0 unspecified atom stereocenters. The molecule has 0 spiro atoms. The molecule has 0 aliphatic carbocycles. The monoisotopic (exact) mass is 634 g/mol. The van der Waals surface area contributed by atoms with Crippen molar-refractivity contribution >= 4 is 104 Å². The average molecular weight is 638 g/mol. The van der Waals surface area contributed by atoms with Crippen LogP contribution in [0.5, 0.6) is 0 Å². The van der Waals surface area contributed by atoms with Crippen LogP contribution in [0, 0.1) is 5.92 Å². The number of carbonyl (C=O) groups excluding carboxylic acids is 1. The van der Waals surface area contributed by atoms with Crippen molar-refractivity contribution in [1.82, 2.24) is 0 Å². The van der Waals surface area contributed by atoms with Crippen molar-refractivity contribution in [3.8, 4) is 0 Å². The first kappa shape index (κ1) is 27.7. The van der Waals surface area contributed by atoms with Gasteiger partial charge in [0.25, 0.3) is 5.91 Å². The third-order valence-corrected chi connectivity index (χ3v) is 7.32. The van der Waals surface area contributed by atoms with E-state index in [4.69, 9.17) is 92.8 Å². The van der Waals surface area contributed by atoms with Gasteiger partial charge in [0.2, 0.25) is 0 Å². The van der Waals surface area contributed by atoms with Crippen LogP contribution in [0.1, 0.15) is 27.0 Å². The summed E-state index contributed by atoms with van der Waals surface area (Å²) in [6.07, 6.45) is 0. The first-order valence-corrected chi connectivity index (χ1v) is 13.1. The van der Waals surface area contributed by atoms with Crippen molar-refractivity contribution in [1.29, 1.82) is 0 Å². The highest BCUT2D eigenvalue weighted by atomic mass is 35.5. The largest absolute Gasteiger partial charge is 0.322 e. The van der Waals surface area contributed by atoms with Gasteiger partial charge in [-0.25, -0.2) is 0 Å². The van der Waals surface area contributed by atoms with E-state index in [1.165, 1.54) is 24.3 Å². The molecule has 2 nitrogen and oxygen atoms in total. The molecule has 0 fully saturated rings. The van der Waals surface area contributed by atoms with Crippen molar-refractivity contribution in [2.45, 2.75) is 0 Å². The summed E-state index contributed by atoms with van der Waals surface area (Å²) in [4.78, 5) is 12.6. The molecule has 10 heteroatoms. The van der Waals surface area contributed by atoms with E-state index in [0.717, 1.165) is 0 Å². The molecule has 4 rings (SSSR count). The van der Waals surface area contributed by atoms with Gasteiger partial charge in [-0.1, -0.05) is 111 Å². The lowest BCUT2D eigenvalue weighted by molar-refractivity contribution is 0.102. The van der Waals surface area contributed by atoms with Gasteiger partial charge >= 0.3 is 0 Å². The number of benzene rings is 4. The molecule has 1 radical (unpaired) electrons. The van der Waals surface area contributed by atoms with Gasteiger partial charge in [0.15, 0.2) is 0 Å². The molecular weight excluding hydrogens is 626 g/mol. The van der Waals surface area contributed by atoms with E-state index in [-0.39, 0.29) is 36.0 Å². The van der Waals surface area contributed by atoms with Crippen LogP contribution in [0.15, 0.2) is 66.7 Å². The van der Waals surface area contributed by atoms with Crippen LogP contribution in [0.2, 0.25) is 40.2 Å². The molecule has 1 amide bonds.